The van der Waals surface area contributed by atoms with E-state index in [9.17, 15) is 13.2 Å². The summed E-state index contributed by atoms with van der Waals surface area (Å²) in [7, 11) is -4.19. The summed E-state index contributed by atoms with van der Waals surface area (Å²) in [6, 6.07) is 15.8. The van der Waals surface area contributed by atoms with Gasteiger partial charge in [-0.05, 0) is 79.5 Å². The number of aromatic nitrogens is 3. The number of carbonyl (C=O) groups excluding carboxylic acids is 1. The van der Waals surface area contributed by atoms with Crippen LogP contribution in [0, 0.1) is 25.2 Å². The van der Waals surface area contributed by atoms with Gasteiger partial charge in [0.15, 0.2) is 0 Å². The number of amides is 1. The minimum atomic E-state index is -4.19. The van der Waals surface area contributed by atoms with Crippen LogP contribution in [0.5, 0.6) is 5.88 Å². The van der Waals surface area contributed by atoms with Crippen LogP contribution in [0.15, 0.2) is 65.7 Å². The Hall–Kier alpha value is -4.55. The summed E-state index contributed by atoms with van der Waals surface area (Å²) >= 11 is 0. The predicted octanol–water partition coefficient (Wildman–Crippen LogP) is 6.83. The molecule has 1 amide bonds. The van der Waals surface area contributed by atoms with Gasteiger partial charge in [0.05, 0.1) is 54.0 Å². The average molecular weight is 727 g/mol. The molecule has 4 heterocycles. The van der Waals surface area contributed by atoms with Gasteiger partial charge in [-0.3, -0.25) is 9.78 Å². The number of ether oxygens (including phenoxy) is 2. The molecular formula is C40H50N6O5S. The van der Waals surface area contributed by atoms with Gasteiger partial charge in [-0.25, -0.2) is 18.1 Å². The maximum absolute atomic E-state index is 14.6. The number of hydrogen-bond donors (Lipinski definition) is 1. The average Bonchev–Trinajstić information content (AvgIpc) is 3.10. The molecule has 1 atom stereocenters. The topological polar surface area (TPSA) is 127 Å². The number of rotatable bonds is 7. The molecule has 4 aromatic rings. The number of pyridine rings is 1. The first-order chi connectivity index (χ1) is 24.7. The normalized spacial score (nSPS) is 17.8. The summed E-state index contributed by atoms with van der Waals surface area (Å²) in [6.07, 6.45) is 3.25. The van der Waals surface area contributed by atoms with Crippen LogP contribution < -0.4 is 14.4 Å². The van der Waals surface area contributed by atoms with Crippen LogP contribution in [-0.2, 0) is 27.7 Å². The van der Waals surface area contributed by atoms with Crippen LogP contribution in [0.2, 0.25) is 0 Å². The van der Waals surface area contributed by atoms with Crippen LogP contribution in [0.3, 0.4) is 0 Å². The van der Waals surface area contributed by atoms with E-state index in [-0.39, 0.29) is 46.8 Å². The number of hydrogen-bond acceptors (Lipinski definition) is 9. The number of anilines is 2. The maximum atomic E-state index is 14.6. The van der Waals surface area contributed by atoms with Gasteiger partial charge < -0.3 is 19.3 Å². The van der Waals surface area contributed by atoms with Crippen LogP contribution in [0.1, 0.15) is 73.8 Å². The third-order valence-electron chi connectivity index (χ3n) is 9.42. The molecule has 2 aromatic heterocycles. The molecule has 4 bridgehead atoms. The molecule has 2 aliphatic heterocycles. The Morgan fingerprint density at radius 3 is 2.44 bits per heavy atom. The number of morpholine rings is 1. The largest absolute Gasteiger partial charge is 0.475 e. The highest BCUT2D eigenvalue weighted by atomic mass is 32.2. The molecule has 0 aliphatic carbocycles. The second-order valence-corrected chi connectivity index (χ2v) is 17.1. The Kier molecular flexibility index (Phi) is 10.9. The molecule has 1 saturated heterocycles. The monoisotopic (exact) mass is 726 g/mol. The van der Waals surface area contributed by atoms with Crippen LogP contribution in [-0.4, -0.2) is 73.1 Å². The number of nitrogens with one attached hydrogen (secondary N) is 1. The molecular weight excluding hydrogens is 677 g/mol. The number of carbonyl (C=O) groups is 1. The molecule has 1 N–H and O–H groups in total. The smallest absolute Gasteiger partial charge is 0.264 e. The molecule has 0 saturated carbocycles. The highest BCUT2D eigenvalue weighted by molar-refractivity contribution is 7.92. The number of aryl methyl sites for hydroxylation is 1. The van der Waals surface area contributed by atoms with Crippen LogP contribution in [0.25, 0.3) is 11.3 Å². The Bertz CT molecular complexity index is 2020. The molecule has 1 fully saturated rings. The maximum Gasteiger partial charge on any atom is 0.264 e. The van der Waals surface area contributed by atoms with E-state index in [1.165, 1.54) is 12.1 Å². The lowest BCUT2D eigenvalue weighted by atomic mass is 9.87. The zero-order valence-electron chi connectivity index (χ0n) is 31.3. The van der Waals surface area contributed by atoms with E-state index < -0.39 is 16.1 Å². The molecule has 276 valence electrons. The van der Waals surface area contributed by atoms with Crippen molar-refractivity contribution in [2.24, 2.45) is 11.3 Å². The lowest BCUT2D eigenvalue weighted by molar-refractivity contribution is 0.0508. The summed E-state index contributed by atoms with van der Waals surface area (Å²) < 4.78 is 42.5. The fraction of sp³-hybridized carbons (Fsp3) is 0.450. The van der Waals surface area contributed by atoms with E-state index in [1.54, 1.807) is 17.0 Å². The van der Waals surface area contributed by atoms with E-state index in [4.69, 9.17) is 19.4 Å². The Balaban J connectivity index is 1.47. The van der Waals surface area contributed by atoms with Gasteiger partial charge in [0.2, 0.25) is 11.8 Å². The van der Waals surface area contributed by atoms with Crippen molar-refractivity contribution in [1.29, 1.82) is 0 Å². The fourth-order valence-corrected chi connectivity index (χ4v) is 7.93. The SMILES string of the molecule is Cc1cccc(CC(C)C)c1-c1nc2nc(c1C)OC[C@@H](CC(C)(C)C)N(Cc1ccc(N3CCOCC3)cn1)C(=O)c1cccc(c1)S(=O)(=O)N2. The Morgan fingerprint density at radius 2 is 1.75 bits per heavy atom. The van der Waals surface area contributed by atoms with Gasteiger partial charge in [0, 0.05) is 29.8 Å². The van der Waals surface area contributed by atoms with Gasteiger partial charge >= 0.3 is 0 Å². The molecule has 2 aromatic carbocycles. The Morgan fingerprint density at radius 1 is 1.00 bits per heavy atom. The quantitative estimate of drug-likeness (QED) is 0.218. The lowest BCUT2D eigenvalue weighted by Crippen LogP contribution is -2.45. The van der Waals surface area contributed by atoms with Crippen molar-refractivity contribution in [1.82, 2.24) is 19.9 Å². The fourth-order valence-electron chi connectivity index (χ4n) is 6.95. The zero-order valence-corrected chi connectivity index (χ0v) is 32.1. The predicted molar refractivity (Wildman–Crippen MR) is 203 cm³/mol. The number of benzene rings is 2. The second-order valence-electron chi connectivity index (χ2n) is 15.4. The summed E-state index contributed by atoms with van der Waals surface area (Å²) in [5.74, 6) is 0.226. The van der Waals surface area contributed by atoms with Gasteiger partial charge in [0.1, 0.15) is 6.61 Å². The Labute approximate surface area is 307 Å². The van der Waals surface area contributed by atoms with Crippen molar-refractivity contribution in [2.45, 2.75) is 78.8 Å². The van der Waals surface area contributed by atoms with Crippen molar-refractivity contribution < 1.29 is 22.7 Å². The van der Waals surface area contributed by atoms with Gasteiger partial charge in [0.25, 0.3) is 15.9 Å². The summed E-state index contributed by atoms with van der Waals surface area (Å²) in [4.78, 5) is 32.7. The summed E-state index contributed by atoms with van der Waals surface area (Å²) in [5.41, 5.74) is 6.10. The third-order valence-corrected chi connectivity index (χ3v) is 10.7. The molecule has 2 aliphatic rings. The molecule has 11 nitrogen and oxygen atoms in total. The molecule has 6 rings (SSSR count). The van der Waals surface area contributed by atoms with Crippen LogP contribution >= 0.6 is 0 Å². The molecule has 0 unspecified atom stereocenters. The second kappa shape index (κ2) is 15.2. The zero-order chi connectivity index (χ0) is 37.2. The van der Waals surface area contributed by atoms with E-state index in [0.29, 0.717) is 42.5 Å². The van der Waals surface area contributed by atoms with Crippen molar-refractivity contribution in [3.8, 4) is 17.1 Å². The molecule has 0 spiro atoms. The van der Waals surface area contributed by atoms with E-state index in [2.05, 4.69) is 55.3 Å². The molecule has 0 radical (unpaired) electrons. The minimum absolute atomic E-state index is 0.0671. The van der Waals surface area contributed by atoms with Gasteiger partial charge in [-0.2, -0.15) is 4.98 Å². The minimum Gasteiger partial charge on any atom is -0.475 e. The standard InChI is InChI=1S/C40H50N6O5S/c1-26(2)20-29-11-8-10-27(3)35(29)36-28(4)37-43-39(42-36)44-52(48,49)34-13-9-12-30(21-34)38(47)46(33(25-51-37)22-40(5,6)7)24-31-14-15-32(23-41-31)45-16-18-50-19-17-45/h8-15,21,23,26,33H,16-20,22,24-25H2,1-7H3,(H,42,43,44)/t33-/m1/s1. The highest BCUT2D eigenvalue weighted by Crippen LogP contribution is 2.36. The lowest BCUT2D eigenvalue weighted by Gasteiger charge is -2.36. The van der Waals surface area contributed by atoms with Crippen LogP contribution in [0.4, 0.5) is 11.6 Å². The van der Waals surface area contributed by atoms with E-state index in [1.807, 2.05) is 44.3 Å². The van der Waals surface area contributed by atoms with Crippen molar-refractivity contribution in [3.63, 3.8) is 0 Å². The summed E-state index contributed by atoms with van der Waals surface area (Å²) in [6.45, 7) is 17.9. The number of fused-ring (bicyclic) bond motifs is 4. The van der Waals surface area contributed by atoms with Crippen molar-refractivity contribution >= 4 is 27.6 Å². The number of nitrogens with zero attached hydrogens (tertiary/aromatic N) is 5. The first-order valence-corrected chi connectivity index (χ1v) is 19.5. The molecule has 12 heteroatoms. The van der Waals surface area contributed by atoms with E-state index in [0.717, 1.165) is 41.9 Å². The molecule has 52 heavy (non-hydrogen) atoms. The number of sulfonamides is 1. The van der Waals surface area contributed by atoms with E-state index >= 15 is 0 Å². The van der Waals surface area contributed by atoms with Crippen molar-refractivity contribution in [2.75, 3.05) is 42.5 Å². The first kappa shape index (κ1) is 37.2. The third kappa shape index (κ3) is 8.56. The van der Waals surface area contributed by atoms with Gasteiger partial charge in [-0.1, -0.05) is 58.9 Å². The van der Waals surface area contributed by atoms with Gasteiger partial charge in [-0.15, -0.1) is 0 Å². The summed E-state index contributed by atoms with van der Waals surface area (Å²) in [5, 5.41) is 0. The highest BCUT2D eigenvalue weighted by Gasteiger charge is 2.32. The first-order valence-electron chi connectivity index (χ1n) is 18.0. The van der Waals surface area contributed by atoms with Crippen molar-refractivity contribution in [3.05, 3.63) is 88.7 Å².